The van der Waals surface area contributed by atoms with Crippen LogP contribution in [0.5, 0.6) is 0 Å². The van der Waals surface area contributed by atoms with Crippen molar-refractivity contribution >= 4 is 43.5 Å². The van der Waals surface area contributed by atoms with Crippen molar-refractivity contribution in [1.82, 2.24) is 9.97 Å². The van der Waals surface area contributed by atoms with Gasteiger partial charge in [-0.2, -0.15) is 0 Å². The maximum absolute atomic E-state index is 13.7. The molecule has 0 atom stereocenters. The van der Waals surface area contributed by atoms with Gasteiger partial charge in [-0.3, -0.25) is 0 Å². The van der Waals surface area contributed by atoms with Crippen LogP contribution in [0.3, 0.4) is 0 Å². The van der Waals surface area contributed by atoms with Crippen LogP contribution in [-0.4, -0.2) is 9.97 Å². The van der Waals surface area contributed by atoms with Crippen LogP contribution in [0.15, 0.2) is 33.5 Å². The topological polar surface area (TPSA) is 25.8 Å². The molecule has 17 heavy (non-hydrogen) atoms. The largest absolute Gasteiger partial charge is 0.226 e. The van der Waals surface area contributed by atoms with Crippen LogP contribution in [-0.2, 0) is 6.42 Å². The summed E-state index contributed by atoms with van der Waals surface area (Å²) in [7, 11) is 0. The zero-order valence-electron chi connectivity index (χ0n) is 8.42. The van der Waals surface area contributed by atoms with Gasteiger partial charge in [0.25, 0.3) is 0 Å². The van der Waals surface area contributed by atoms with Gasteiger partial charge < -0.3 is 0 Å². The van der Waals surface area contributed by atoms with E-state index in [-0.39, 0.29) is 5.02 Å². The molecule has 0 bridgehead atoms. The molecule has 1 aromatic carbocycles. The number of hydrogen-bond acceptors (Lipinski definition) is 2. The molecule has 2 aromatic rings. The SMILES string of the molecule is Fc1c(Cl)cccc1Cc1nc(Br)cc(Br)n1. The third-order valence-electron chi connectivity index (χ3n) is 2.09. The molecule has 0 saturated carbocycles. The van der Waals surface area contributed by atoms with Gasteiger partial charge in [-0.25, -0.2) is 14.4 Å². The van der Waals surface area contributed by atoms with E-state index in [2.05, 4.69) is 41.8 Å². The molecule has 0 aliphatic heterocycles. The molecule has 0 fully saturated rings. The quantitative estimate of drug-likeness (QED) is 0.723. The summed E-state index contributed by atoms with van der Waals surface area (Å²) in [6.07, 6.45) is 0.296. The van der Waals surface area contributed by atoms with Gasteiger partial charge in [-0.1, -0.05) is 23.7 Å². The van der Waals surface area contributed by atoms with E-state index in [1.54, 1.807) is 18.2 Å². The van der Waals surface area contributed by atoms with E-state index in [1.807, 2.05) is 0 Å². The molecule has 2 rings (SSSR count). The molecular weight excluding hydrogens is 374 g/mol. The highest BCUT2D eigenvalue weighted by atomic mass is 79.9. The molecule has 2 nitrogen and oxygen atoms in total. The molecule has 88 valence electrons. The summed E-state index contributed by atoms with van der Waals surface area (Å²) in [5.74, 6) is 0.0984. The molecule has 1 aromatic heterocycles. The Bertz CT molecular complexity index is 543. The highest BCUT2D eigenvalue weighted by Gasteiger charge is 2.09. The van der Waals surface area contributed by atoms with Crippen LogP contribution < -0.4 is 0 Å². The Morgan fingerprint density at radius 2 is 1.82 bits per heavy atom. The fourth-order valence-corrected chi connectivity index (χ4v) is 2.71. The summed E-state index contributed by atoms with van der Waals surface area (Å²) < 4.78 is 15.0. The molecule has 0 amide bonds. The second-order valence-corrected chi connectivity index (χ2v) is 5.35. The number of nitrogens with zero attached hydrogens (tertiary/aromatic N) is 2. The third-order valence-corrected chi connectivity index (χ3v) is 3.19. The van der Waals surface area contributed by atoms with Crippen LogP contribution >= 0.6 is 43.5 Å². The van der Waals surface area contributed by atoms with Crippen LogP contribution in [0.25, 0.3) is 0 Å². The first-order chi connectivity index (χ1) is 8.06. The van der Waals surface area contributed by atoms with Crippen molar-refractivity contribution in [1.29, 1.82) is 0 Å². The molecule has 0 aliphatic carbocycles. The van der Waals surface area contributed by atoms with Gasteiger partial charge in [-0.05, 0) is 43.5 Å². The Hall–Kier alpha value is -0.520. The average molecular weight is 380 g/mol. The fourth-order valence-electron chi connectivity index (χ4n) is 1.37. The number of benzene rings is 1. The van der Waals surface area contributed by atoms with E-state index in [0.29, 0.717) is 27.0 Å². The van der Waals surface area contributed by atoms with Gasteiger partial charge >= 0.3 is 0 Å². The molecule has 0 aliphatic rings. The highest BCUT2D eigenvalue weighted by Crippen LogP contribution is 2.21. The van der Waals surface area contributed by atoms with E-state index < -0.39 is 5.82 Å². The molecule has 1 heterocycles. The van der Waals surface area contributed by atoms with Crippen molar-refractivity contribution in [2.45, 2.75) is 6.42 Å². The highest BCUT2D eigenvalue weighted by molar-refractivity contribution is 9.11. The summed E-state index contributed by atoms with van der Waals surface area (Å²) in [4.78, 5) is 8.33. The summed E-state index contributed by atoms with van der Waals surface area (Å²) in [6, 6.07) is 6.60. The van der Waals surface area contributed by atoms with Crippen molar-refractivity contribution in [3.8, 4) is 0 Å². The number of halogens is 4. The van der Waals surface area contributed by atoms with E-state index >= 15 is 0 Å². The normalized spacial score (nSPS) is 10.6. The van der Waals surface area contributed by atoms with Gasteiger partial charge in [0.2, 0.25) is 0 Å². The summed E-state index contributed by atoms with van der Waals surface area (Å²) in [5, 5.41) is 0.108. The van der Waals surface area contributed by atoms with Crippen LogP contribution in [0, 0.1) is 5.82 Å². The molecule has 6 heteroatoms. The standard InChI is InChI=1S/C11H6Br2ClFN2/c12-8-5-9(13)17-10(16-8)4-6-2-1-3-7(14)11(6)15/h1-3,5H,4H2. The van der Waals surface area contributed by atoms with Gasteiger partial charge in [-0.15, -0.1) is 0 Å². The van der Waals surface area contributed by atoms with E-state index in [0.717, 1.165) is 0 Å². The second-order valence-electron chi connectivity index (χ2n) is 3.32. The number of aromatic nitrogens is 2. The Kier molecular flexibility index (Phi) is 4.12. The molecule has 0 spiro atoms. The third kappa shape index (κ3) is 3.24. The second kappa shape index (κ2) is 5.42. The first-order valence-corrected chi connectivity index (χ1v) is 6.64. The fraction of sp³-hybridized carbons (Fsp3) is 0.0909. The Morgan fingerprint density at radius 1 is 1.18 bits per heavy atom. The van der Waals surface area contributed by atoms with Crippen molar-refractivity contribution in [2.75, 3.05) is 0 Å². The minimum atomic E-state index is -0.422. The van der Waals surface area contributed by atoms with Gasteiger partial charge in [0, 0.05) is 12.5 Å². The van der Waals surface area contributed by atoms with Gasteiger partial charge in [0.05, 0.1) is 5.02 Å². The molecule has 0 N–H and O–H groups in total. The smallest absolute Gasteiger partial charge is 0.145 e. The van der Waals surface area contributed by atoms with Crippen LogP contribution in [0.2, 0.25) is 5.02 Å². The lowest BCUT2D eigenvalue weighted by atomic mass is 10.1. The Balaban J connectivity index is 2.34. The lowest BCUT2D eigenvalue weighted by molar-refractivity contribution is 0.612. The first-order valence-electron chi connectivity index (χ1n) is 4.68. The van der Waals surface area contributed by atoms with Crippen molar-refractivity contribution < 1.29 is 4.39 Å². The maximum atomic E-state index is 13.7. The zero-order valence-corrected chi connectivity index (χ0v) is 12.4. The monoisotopic (exact) mass is 378 g/mol. The van der Waals surface area contributed by atoms with Crippen molar-refractivity contribution in [2.24, 2.45) is 0 Å². The Morgan fingerprint density at radius 3 is 2.47 bits per heavy atom. The molecule has 0 saturated heterocycles. The maximum Gasteiger partial charge on any atom is 0.145 e. The van der Waals surface area contributed by atoms with Gasteiger partial charge in [0.15, 0.2) is 0 Å². The summed E-state index contributed by atoms with van der Waals surface area (Å²) >= 11 is 12.2. The van der Waals surface area contributed by atoms with E-state index in [9.17, 15) is 4.39 Å². The summed E-state index contributed by atoms with van der Waals surface area (Å²) in [5.41, 5.74) is 0.475. The van der Waals surface area contributed by atoms with E-state index in [1.165, 1.54) is 6.07 Å². The Labute approximate surface area is 119 Å². The minimum Gasteiger partial charge on any atom is -0.226 e. The minimum absolute atomic E-state index is 0.108. The molecule has 0 unspecified atom stereocenters. The average Bonchev–Trinajstić information content (AvgIpc) is 2.23. The number of rotatable bonds is 2. The van der Waals surface area contributed by atoms with Crippen LogP contribution in [0.1, 0.15) is 11.4 Å². The molecule has 0 radical (unpaired) electrons. The summed E-state index contributed by atoms with van der Waals surface area (Å²) in [6.45, 7) is 0. The number of hydrogen-bond donors (Lipinski definition) is 0. The van der Waals surface area contributed by atoms with Crippen molar-refractivity contribution in [3.63, 3.8) is 0 Å². The lowest BCUT2D eigenvalue weighted by Crippen LogP contribution is -1.99. The predicted molar refractivity (Wildman–Crippen MR) is 71.6 cm³/mol. The van der Waals surface area contributed by atoms with Crippen LogP contribution in [0.4, 0.5) is 4.39 Å². The van der Waals surface area contributed by atoms with Crippen molar-refractivity contribution in [3.05, 3.63) is 55.7 Å². The lowest BCUT2D eigenvalue weighted by Gasteiger charge is -2.04. The predicted octanol–water partition coefficient (Wildman–Crippen LogP) is 4.38. The van der Waals surface area contributed by atoms with Gasteiger partial charge in [0.1, 0.15) is 20.8 Å². The van der Waals surface area contributed by atoms with E-state index in [4.69, 9.17) is 11.6 Å². The first kappa shape index (κ1) is 12.9. The zero-order chi connectivity index (χ0) is 12.4. The molecular formula is C11H6Br2ClFN2.